The molecule has 0 amide bonds. The molecule has 0 fully saturated rings. The van der Waals surface area contributed by atoms with Gasteiger partial charge in [-0.05, 0) is 86.6 Å². The standard InChI is InChI=1S/C18H22O/c1-10-7-12(3)18(16(19)8-10)17-13(4)9-11(2)14(5)15(17)6/h7-9,19H,1-6H3. The molecule has 100 valence electrons. The molecule has 0 saturated heterocycles. The summed E-state index contributed by atoms with van der Waals surface area (Å²) in [6, 6.07) is 6.18. The molecule has 0 aliphatic rings. The molecule has 1 nitrogen and oxygen atoms in total. The van der Waals surface area contributed by atoms with E-state index in [1.807, 2.05) is 13.0 Å². The Morgan fingerprint density at radius 3 is 1.79 bits per heavy atom. The van der Waals surface area contributed by atoms with Crippen molar-refractivity contribution in [2.75, 3.05) is 0 Å². The van der Waals surface area contributed by atoms with E-state index in [-0.39, 0.29) is 0 Å². The van der Waals surface area contributed by atoms with Crippen LogP contribution in [0.4, 0.5) is 0 Å². The molecule has 1 N–H and O–H groups in total. The summed E-state index contributed by atoms with van der Waals surface area (Å²) in [4.78, 5) is 0. The predicted octanol–water partition coefficient (Wildman–Crippen LogP) is 4.91. The molecule has 0 aliphatic heterocycles. The van der Waals surface area contributed by atoms with Crippen LogP contribution in [0.15, 0.2) is 18.2 Å². The summed E-state index contributed by atoms with van der Waals surface area (Å²) in [5.74, 6) is 0.381. The average Bonchev–Trinajstić information content (AvgIpc) is 2.29. The molecule has 0 unspecified atom stereocenters. The van der Waals surface area contributed by atoms with Crippen LogP contribution >= 0.6 is 0 Å². The van der Waals surface area contributed by atoms with E-state index in [1.54, 1.807) is 0 Å². The molecule has 0 aliphatic carbocycles. The number of aromatic hydroxyl groups is 1. The first-order chi connectivity index (χ1) is 8.82. The Morgan fingerprint density at radius 1 is 0.632 bits per heavy atom. The molecule has 0 bridgehead atoms. The normalized spacial score (nSPS) is 10.8. The Morgan fingerprint density at radius 2 is 1.21 bits per heavy atom. The van der Waals surface area contributed by atoms with E-state index in [0.29, 0.717) is 5.75 Å². The Hall–Kier alpha value is -1.76. The predicted molar refractivity (Wildman–Crippen MR) is 82.0 cm³/mol. The minimum absolute atomic E-state index is 0.381. The first kappa shape index (κ1) is 13.7. The highest BCUT2D eigenvalue weighted by Gasteiger charge is 2.15. The third-order valence-electron chi connectivity index (χ3n) is 4.07. The van der Waals surface area contributed by atoms with Crippen molar-refractivity contribution in [3.63, 3.8) is 0 Å². The summed E-state index contributed by atoms with van der Waals surface area (Å²) in [6.45, 7) is 12.6. The van der Waals surface area contributed by atoms with Gasteiger partial charge in [0.1, 0.15) is 5.75 Å². The highest BCUT2D eigenvalue weighted by Crippen LogP contribution is 2.39. The number of hydrogen-bond acceptors (Lipinski definition) is 1. The summed E-state index contributed by atoms with van der Waals surface area (Å²) >= 11 is 0. The molecule has 0 spiro atoms. The zero-order valence-electron chi connectivity index (χ0n) is 12.7. The van der Waals surface area contributed by atoms with Crippen molar-refractivity contribution < 1.29 is 5.11 Å². The van der Waals surface area contributed by atoms with Crippen molar-refractivity contribution in [3.8, 4) is 16.9 Å². The van der Waals surface area contributed by atoms with Crippen LogP contribution in [0, 0.1) is 41.5 Å². The van der Waals surface area contributed by atoms with Crippen LogP contribution in [0.1, 0.15) is 33.4 Å². The highest BCUT2D eigenvalue weighted by atomic mass is 16.3. The molecule has 0 radical (unpaired) electrons. The second-order valence-electron chi connectivity index (χ2n) is 5.61. The molecule has 1 heteroatoms. The van der Waals surface area contributed by atoms with Gasteiger partial charge in [0.2, 0.25) is 0 Å². The SMILES string of the molecule is Cc1cc(C)c(-c2c(C)cc(C)c(C)c2C)c(O)c1. The molecule has 19 heavy (non-hydrogen) atoms. The first-order valence-electron chi connectivity index (χ1n) is 6.71. The first-order valence-corrected chi connectivity index (χ1v) is 6.71. The zero-order valence-corrected chi connectivity index (χ0v) is 12.7. The van der Waals surface area contributed by atoms with Crippen molar-refractivity contribution in [1.29, 1.82) is 0 Å². The molecule has 0 saturated carbocycles. The number of aryl methyl sites for hydroxylation is 4. The Balaban J connectivity index is 2.84. The monoisotopic (exact) mass is 254 g/mol. The molecule has 2 aromatic carbocycles. The number of phenols is 1. The van der Waals surface area contributed by atoms with E-state index in [2.05, 4.69) is 46.8 Å². The Labute approximate surface area is 115 Å². The van der Waals surface area contributed by atoms with E-state index in [4.69, 9.17) is 0 Å². The van der Waals surface area contributed by atoms with Gasteiger partial charge in [-0.25, -0.2) is 0 Å². The van der Waals surface area contributed by atoms with Crippen LogP contribution in [0.5, 0.6) is 5.75 Å². The van der Waals surface area contributed by atoms with Gasteiger partial charge in [-0.15, -0.1) is 0 Å². The van der Waals surface area contributed by atoms with Crippen LogP contribution in [0.25, 0.3) is 11.1 Å². The van der Waals surface area contributed by atoms with E-state index in [1.165, 1.54) is 27.8 Å². The smallest absolute Gasteiger partial charge is 0.123 e. The number of rotatable bonds is 1. The van der Waals surface area contributed by atoms with Crippen molar-refractivity contribution >= 4 is 0 Å². The Bertz CT molecular complexity index is 628. The van der Waals surface area contributed by atoms with Gasteiger partial charge in [0, 0.05) is 5.56 Å². The lowest BCUT2D eigenvalue weighted by molar-refractivity contribution is 0.476. The molecule has 2 aromatic rings. The van der Waals surface area contributed by atoms with Crippen LogP contribution < -0.4 is 0 Å². The largest absolute Gasteiger partial charge is 0.507 e. The number of phenolic OH excluding ortho intramolecular Hbond substituents is 1. The minimum atomic E-state index is 0.381. The molecule has 2 rings (SSSR count). The fourth-order valence-corrected chi connectivity index (χ4v) is 2.94. The molecule has 0 atom stereocenters. The molecular weight excluding hydrogens is 232 g/mol. The van der Waals surface area contributed by atoms with E-state index in [0.717, 1.165) is 16.7 Å². The van der Waals surface area contributed by atoms with Crippen LogP contribution in [-0.2, 0) is 0 Å². The van der Waals surface area contributed by atoms with Crippen LogP contribution in [-0.4, -0.2) is 5.11 Å². The van der Waals surface area contributed by atoms with Gasteiger partial charge in [-0.3, -0.25) is 0 Å². The van der Waals surface area contributed by atoms with Gasteiger partial charge < -0.3 is 5.11 Å². The second-order valence-corrected chi connectivity index (χ2v) is 5.61. The van der Waals surface area contributed by atoms with Crippen LogP contribution in [0.3, 0.4) is 0 Å². The maximum absolute atomic E-state index is 10.3. The molecule has 0 aromatic heterocycles. The minimum Gasteiger partial charge on any atom is -0.507 e. The Kier molecular flexibility index (Phi) is 3.40. The number of hydrogen-bond donors (Lipinski definition) is 1. The summed E-state index contributed by atoms with van der Waals surface area (Å²) in [6.07, 6.45) is 0. The third kappa shape index (κ3) is 2.25. The highest BCUT2D eigenvalue weighted by molar-refractivity contribution is 5.80. The lowest BCUT2D eigenvalue weighted by atomic mass is 9.87. The van der Waals surface area contributed by atoms with Crippen molar-refractivity contribution in [1.82, 2.24) is 0 Å². The van der Waals surface area contributed by atoms with Gasteiger partial charge >= 0.3 is 0 Å². The fraction of sp³-hybridized carbons (Fsp3) is 0.333. The van der Waals surface area contributed by atoms with Crippen LogP contribution in [0.2, 0.25) is 0 Å². The van der Waals surface area contributed by atoms with E-state index in [9.17, 15) is 5.11 Å². The number of benzene rings is 2. The van der Waals surface area contributed by atoms with Gasteiger partial charge in [0.25, 0.3) is 0 Å². The summed E-state index contributed by atoms with van der Waals surface area (Å²) in [5, 5.41) is 10.3. The van der Waals surface area contributed by atoms with E-state index < -0.39 is 0 Å². The van der Waals surface area contributed by atoms with E-state index >= 15 is 0 Å². The lowest BCUT2D eigenvalue weighted by Crippen LogP contribution is -1.97. The summed E-state index contributed by atoms with van der Waals surface area (Å²) in [5.41, 5.74) is 9.48. The molecule has 0 heterocycles. The average molecular weight is 254 g/mol. The van der Waals surface area contributed by atoms with Gasteiger partial charge in [-0.2, -0.15) is 0 Å². The fourth-order valence-electron chi connectivity index (χ4n) is 2.94. The topological polar surface area (TPSA) is 20.2 Å². The van der Waals surface area contributed by atoms with Gasteiger partial charge in [0.05, 0.1) is 0 Å². The van der Waals surface area contributed by atoms with Gasteiger partial charge in [0.15, 0.2) is 0 Å². The summed E-state index contributed by atoms with van der Waals surface area (Å²) in [7, 11) is 0. The zero-order chi connectivity index (χ0) is 14.3. The third-order valence-corrected chi connectivity index (χ3v) is 4.07. The maximum Gasteiger partial charge on any atom is 0.123 e. The van der Waals surface area contributed by atoms with Gasteiger partial charge in [-0.1, -0.05) is 12.1 Å². The van der Waals surface area contributed by atoms with Crippen molar-refractivity contribution in [2.24, 2.45) is 0 Å². The summed E-state index contributed by atoms with van der Waals surface area (Å²) < 4.78 is 0. The molecular formula is C18H22O. The van der Waals surface area contributed by atoms with Crippen molar-refractivity contribution in [2.45, 2.75) is 41.5 Å². The second kappa shape index (κ2) is 4.73. The lowest BCUT2D eigenvalue weighted by Gasteiger charge is -2.18. The van der Waals surface area contributed by atoms with Crippen molar-refractivity contribution in [3.05, 3.63) is 51.6 Å². The quantitative estimate of drug-likeness (QED) is 0.766. The maximum atomic E-state index is 10.3.